The Hall–Kier alpha value is -1.03. The number of ketones is 1. The quantitative estimate of drug-likeness (QED) is 0.665. The van der Waals surface area contributed by atoms with E-state index in [1.54, 1.807) is 24.3 Å². The van der Waals surface area contributed by atoms with Crippen molar-refractivity contribution in [1.82, 2.24) is 0 Å². The van der Waals surface area contributed by atoms with Crippen molar-refractivity contribution in [3.63, 3.8) is 0 Å². The smallest absolute Gasteiger partial charge is 0.170 e. The van der Waals surface area contributed by atoms with Gasteiger partial charge in [0.2, 0.25) is 0 Å². The summed E-state index contributed by atoms with van der Waals surface area (Å²) < 4.78 is 6.79. The van der Waals surface area contributed by atoms with Gasteiger partial charge in [-0.1, -0.05) is 45.2 Å². The molecule has 2 nitrogen and oxygen atoms in total. The van der Waals surface area contributed by atoms with Crippen molar-refractivity contribution < 1.29 is 9.53 Å². The van der Waals surface area contributed by atoms with Gasteiger partial charge in [0.1, 0.15) is 11.9 Å². The van der Waals surface area contributed by atoms with Crippen LogP contribution in [0.2, 0.25) is 10.0 Å². The van der Waals surface area contributed by atoms with E-state index in [0.29, 0.717) is 27.8 Å². The van der Waals surface area contributed by atoms with E-state index in [4.69, 9.17) is 27.9 Å². The van der Waals surface area contributed by atoms with Crippen LogP contribution in [0.5, 0.6) is 5.75 Å². The molecule has 0 radical (unpaired) electrons. The second-order valence-corrected chi connectivity index (χ2v) is 6.28. The van der Waals surface area contributed by atoms with E-state index in [9.17, 15) is 4.79 Å². The van der Waals surface area contributed by atoms with Crippen molar-refractivity contribution in [2.45, 2.75) is 12.5 Å². The number of Topliss-reactive ketones (excluding diaryl/α,β-unsaturated/α-hetero) is 1. The Kier molecular flexibility index (Phi) is 3.76. The first kappa shape index (κ1) is 13.9. The van der Waals surface area contributed by atoms with Gasteiger partial charge in [-0.3, -0.25) is 4.79 Å². The molecule has 1 aliphatic heterocycles. The van der Waals surface area contributed by atoms with Crippen LogP contribution in [-0.2, 0) is 0 Å². The summed E-state index contributed by atoms with van der Waals surface area (Å²) in [4.78, 5) is 12.2. The van der Waals surface area contributed by atoms with Crippen molar-refractivity contribution in [2.75, 3.05) is 0 Å². The van der Waals surface area contributed by atoms with E-state index in [0.717, 1.165) is 10.0 Å². The lowest BCUT2D eigenvalue weighted by atomic mass is 9.96. The minimum atomic E-state index is -0.334. The second kappa shape index (κ2) is 5.40. The Morgan fingerprint density at radius 2 is 1.90 bits per heavy atom. The Morgan fingerprint density at radius 3 is 2.65 bits per heavy atom. The zero-order valence-corrected chi connectivity index (χ0v) is 13.3. The molecule has 102 valence electrons. The zero-order valence-electron chi connectivity index (χ0n) is 10.2. The van der Waals surface area contributed by atoms with Gasteiger partial charge in [-0.15, -0.1) is 0 Å². The van der Waals surface area contributed by atoms with Crippen LogP contribution in [0.3, 0.4) is 0 Å². The number of hydrogen-bond acceptors (Lipinski definition) is 2. The van der Waals surface area contributed by atoms with E-state index in [2.05, 4.69) is 15.9 Å². The molecule has 0 N–H and O–H groups in total. The predicted octanol–water partition coefficient (Wildman–Crippen LogP) is 5.46. The highest BCUT2D eigenvalue weighted by Gasteiger charge is 2.28. The molecule has 1 atom stereocenters. The second-order valence-electron chi connectivity index (χ2n) is 4.55. The van der Waals surface area contributed by atoms with Crippen LogP contribution in [0.25, 0.3) is 0 Å². The molecule has 1 unspecified atom stereocenters. The molecule has 0 aliphatic carbocycles. The number of carbonyl (C=O) groups excluding carboxylic acids is 1. The summed E-state index contributed by atoms with van der Waals surface area (Å²) in [5, 5.41) is 0.945. The highest BCUT2D eigenvalue weighted by molar-refractivity contribution is 9.10. The summed E-state index contributed by atoms with van der Waals surface area (Å²) in [5.74, 6) is 0.654. The highest BCUT2D eigenvalue weighted by Crippen LogP contribution is 2.37. The van der Waals surface area contributed by atoms with Gasteiger partial charge in [0, 0.05) is 4.47 Å². The maximum Gasteiger partial charge on any atom is 0.170 e. The predicted molar refractivity (Wildman–Crippen MR) is 82.9 cm³/mol. The number of fused-ring (bicyclic) bond motifs is 1. The minimum Gasteiger partial charge on any atom is -0.484 e. The summed E-state index contributed by atoms with van der Waals surface area (Å²) in [6.07, 6.45) is -0.0360. The number of halogens is 3. The van der Waals surface area contributed by atoms with E-state index in [-0.39, 0.29) is 11.9 Å². The van der Waals surface area contributed by atoms with Crippen LogP contribution < -0.4 is 4.74 Å². The molecule has 0 bridgehead atoms. The van der Waals surface area contributed by atoms with Gasteiger partial charge in [-0.25, -0.2) is 0 Å². The fraction of sp³-hybridized carbons (Fsp3) is 0.133. The van der Waals surface area contributed by atoms with E-state index in [1.807, 2.05) is 12.1 Å². The van der Waals surface area contributed by atoms with Crippen LogP contribution in [0, 0.1) is 0 Å². The number of hydrogen-bond donors (Lipinski definition) is 0. The molecule has 5 heteroatoms. The number of benzene rings is 2. The standard InChI is InChI=1S/C15H9BrCl2O2/c16-9-2-3-10-13(19)7-14(20-15(10)6-9)8-1-4-11(17)12(18)5-8/h1-6,14H,7H2. The van der Waals surface area contributed by atoms with Crippen LogP contribution in [0.4, 0.5) is 0 Å². The molecule has 1 aliphatic rings. The Bertz CT molecular complexity index is 700. The third-order valence-corrected chi connectivity index (χ3v) is 4.43. The summed E-state index contributed by atoms with van der Waals surface area (Å²) in [6, 6.07) is 10.7. The van der Waals surface area contributed by atoms with Crippen molar-refractivity contribution in [1.29, 1.82) is 0 Å². The number of ether oxygens (including phenoxy) is 1. The molecule has 2 aromatic rings. The summed E-state index contributed by atoms with van der Waals surface area (Å²) in [5.41, 5.74) is 1.46. The first-order valence-electron chi connectivity index (χ1n) is 5.99. The first-order chi connectivity index (χ1) is 9.54. The Morgan fingerprint density at radius 1 is 1.10 bits per heavy atom. The fourth-order valence-electron chi connectivity index (χ4n) is 2.20. The van der Waals surface area contributed by atoms with Gasteiger partial charge in [0.25, 0.3) is 0 Å². The molecule has 0 amide bonds. The largest absolute Gasteiger partial charge is 0.484 e. The van der Waals surface area contributed by atoms with Gasteiger partial charge < -0.3 is 4.74 Å². The molecule has 0 spiro atoms. The van der Waals surface area contributed by atoms with Crippen molar-refractivity contribution in [2.24, 2.45) is 0 Å². The Balaban J connectivity index is 1.98. The van der Waals surface area contributed by atoms with Crippen molar-refractivity contribution >= 4 is 44.9 Å². The van der Waals surface area contributed by atoms with Gasteiger partial charge in [0.05, 0.1) is 22.0 Å². The maximum atomic E-state index is 12.2. The first-order valence-corrected chi connectivity index (χ1v) is 7.54. The van der Waals surface area contributed by atoms with Crippen molar-refractivity contribution in [3.05, 3.63) is 62.0 Å². The fourth-order valence-corrected chi connectivity index (χ4v) is 2.84. The third-order valence-electron chi connectivity index (χ3n) is 3.20. The monoisotopic (exact) mass is 370 g/mol. The molecular formula is C15H9BrCl2O2. The number of rotatable bonds is 1. The van der Waals surface area contributed by atoms with Gasteiger partial charge in [0.15, 0.2) is 5.78 Å². The molecule has 3 rings (SSSR count). The van der Waals surface area contributed by atoms with Crippen molar-refractivity contribution in [3.8, 4) is 5.75 Å². The third kappa shape index (κ3) is 2.58. The summed E-state index contributed by atoms with van der Waals surface area (Å²) >= 11 is 15.3. The SMILES string of the molecule is O=C1CC(c2ccc(Cl)c(Cl)c2)Oc2cc(Br)ccc21. The molecule has 0 aromatic heterocycles. The minimum absolute atomic E-state index is 0.0647. The van der Waals surface area contributed by atoms with Crippen LogP contribution >= 0.6 is 39.1 Å². The summed E-state index contributed by atoms with van der Waals surface area (Å²) in [7, 11) is 0. The van der Waals surface area contributed by atoms with Gasteiger partial charge in [-0.05, 0) is 35.9 Å². The average molecular weight is 372 g/mol. The Labute approximate surface area is 134 Å². The lowest BCUT2D eigenvalue weighted by molar-refractivity contribution is 0.0850. The molecule has 0 fully saturated rings. The lowest BCUT2D eigenvalue weighted by Crippen LogP contribution is -2.20. The molecule has 2 aromatic carbocycles. The molecule has 20 heavy (non-hydrogen) atoms. The van der Waals surface area contributed by atoms with Crippen LogP contribution in [0.1, 0.15) is 28.4 Å². The molecule has 0 saturated carbocycles. The lowest BCUT2D eigenvalue weighted by Gasteiger charge is -2.25. The number of carbonyl (C=O) groups is 1. The molecular weight excluding hydrogens is 363 g/mol. The van der Waals surface area contributed by atoms with Crippen LogP contribution in [0.15, 0.2) is 40.9 Å². The molecule has 0 saturated heterocycles. The van der Waals surface area contributed by atoms with Gasteiger partial charge >= 0.3 is 0 Å². The average Bonchev–Trinajstić information content (AvgIpc) is 2.41. The topological polar surface area (TPSA) is 26.3 Å². The molecule has 1 heterocycles. The van der Waals surface area contributed by atoms with E-state index < -0.39 is 0 Å². The van der Waals surface area contributed by atoms with Gasteiger partial charge in [-0.2, -0.15) is 0 Å². The summed E-state index contributed by atoms with van der Waals surface area (Å²) in [6.45, 7) is 0. The van der Waals surface area contributed by atoms with E-state index in [1.165, 1.54) is 0 Å². The highest BCUT2D eigenvalue weighted by atomic mass is 79.9. The maximum absolute atomic E-state index is 12.2. The zero-order chi connectivity index (χ0) is 14.3. The normalized spacial score (nSPS) is 17.6. The van der Waals surface area contributed by atoms with E-state index >= 15 is 0 Å². The van der Waals surface area contributed by atoms with Crippen LogP contribution in [-0.4, -0.2) is 5.78 Å².